The van der Waals surface area contributed by atoms with Crippen LogP contribution in [0, 0.1) is 0 Å². The Kier molecular flexibility index (Phi) is 4.62. The highest BCUT2D eigenvalue weighted by atomic mass is 35.5. The molecule has 0 fully saturated rings. The first-order chi connectivity index (χ1) is 7.65. The van der Waals surface area contributed by atoms with E-state index in [0.717, 1.165) is 0 Å². The molecule has 1 aliphatic rings. The Morgan fingerprint density at radius 2 is 1.76 bits per heavy atom. The van der Waals surface area contributed by atoms with Crippen LogP contribution in [-0.2, 0) is 0 Å². The number of para-hydroxylation sites is 2. The third kappa shape index (κ3) is 2.83. The van der Waals surface area contributed by atoms with E-state index < -0.39 is 5.60 Å². The minimum absolute atomic E-state index is 0. The van der Waals surface area contributed by atoms with E-state index in [-0.39, 0.29) is 31.7 Å². The molecule has 1 aromatic rings. The van der Waals surface area contributed by atoms with E-state index in [0.29, 0.717) is 17.9 Å². The predicted octanol–water partition coefficient (Wildman–Crippen LogP) is 1.35. The molecule has 0 spiro atoms. The zero-order chi connectivity index (χ0) is 11.6. The lowest BCUT2D eigenvalue weighted by Crippen LogP contribution is -2.55. The summed E-state index contributed by atoms with van der Waals surface area (Å²) < 4.78 is 11.1. The van der Waals surface area contributed by atoms with Crippen molar-refractivity contribution >= 4 is 12.4 Å². The summed E-state index contributed by atoms with van der Waals surface area (Å²) in [6, 6.07) is 7.03. The first kappa shape index (κ1) is 14.1. The van der Waals surface area contributed by atoms with Crippen molar-refractivity contribution in [2.75, 3.05) is 13.2 Å². The highest BCUT2D eigenvalue weighted by Gasteiger charge is 2.37. The van der Waals surface area contributed by atoms with Gasteiger partial charge in [0.15, 0.2) is 11.5 Å². The van der Waals surface area contributed by atoms with Crippen LogP contribution in [-0.4, -0.2) is 30.0 Å². The molecule has 1 atom stereocenters. The van der Waals surface area contributed by atoms with Gasteiger partial charge < -0.3 is 20.3 Å². The molecular weight excluding hydrogens is 242 g/mol. The quantitative estimate of drug-likeness (QED) is 0.842. The number of hydrogen-bond acceptors (Lipinski definition) is 4. The lowest BCUT2D eigenvalue weighted by molar-refractivity contribution is -0.0482. The predicted molar refractivity (Wildman–Crippen MR) is 67.9 cm³/mol. The summed E-state index contributed by atoms with van der Waals surface area (Å²) in [5.41, 5.74) is 4.76. The van der Waals surface area contributed by atoms with Gasteiger partial charge in [0.05, 0.1) is 0 Å². The van der Waals surface area contributed by atoms with Crippen LogP contribution in [0.25, 0.3) is 0 Å². The van der Waals surface area contributed by atoms with E-state index in [2.05, 4.69) is 0 Å². The van der Waals surface area contributed by atoms with Gasteiger partial charge in [0.25, 0.3) is 0 Å². The van der Waals surface area contributed by atoms with Crippen molar-refractivity contribution in [3.63, 3.8) is 0 Å². The maximum Gasteiger partial charge on any atom is 0.161 e. The Bertz CT molecular complexity index is 346. The molecular formula is C12H18ClNO3. The number of fused-ring (bicyclic) bond motifs is 1. The van der Waals surface area contributed by atoms with E-state index in [4.69, 9.17) is 15.2 Å². The summed E-state index contributed by atoms with van der Waals surface area (Å²) in [6.45, 7) is 2.26. The third-order valence-corrected chi connectivity index (χ3v) is 2.93. The van der Waals surface area contributed by atoms with Crippen LogP contribution in [0.3, 0.4) is 0 Å². The second-order valence-electron chi connectivity index (χ2n) is 4.14. The topological polar surface area (TPSA) is 64.7 Å². The molecule has 1 aromatic carbocycles. The summed E-state index contributed by atoms with van der Waals surface area (Å²) in [4.78, 5) is 0. The highest BCUT2D eigenvalue weighted by Crippen LogP contribution is 2.31. The van der Waals surface area contributed by atoms with E-state index in [1.54, 1.807) is 0 Å². The lowest BCUT2D eigenvalue weighted by atomic mass is 9.95. The smallest absolute Gasteiger partial charge is 0.161 e. The van der Waals surface area contributed by atoms with Crippen molar-refractivity contribution in [3.05, 3.63) is 24.3 Å². The number of ether oxygens (including phenoxy) is 2. The summed E-state index contributed by atoms with van der Waals surface area (Å²) >= 11 is 0. The van der Waals surface area contributed by atoms with Gasteiger partial charge >= 0.3 is 0 Å². The number of halogens is 1. The molecule has 0 bridgehead atoms. The molecule has 0 saturated heterocycles. The Morgan fingerprint density at radius 3 is 2.18 bits per heavy atom. The molecule has 0 radical (unpaired) electrons. The molecule has 1 aliphatic heterocycles. The van der Waals surface area contributed by atoms with Crippen LogP contribution in [0.15, 0.2) is 24.3 Å². The minimum Gasteiger partial charge on any atom is -0.486 e. The number of aliphatic hydroxyl groups is 1. The van der Waals surface area contributed by atoms with Crippen molar-refractivity contribution in [1.82, 2.24) is 0 Å². The maximum atomic E-state index is 10.3. The summed E-state index contributed by atoms with van der Waals surface area (Å²) in [7, 11) is 0. The average Bonchev–Trinajstić information content (AvgIpc) is 2.50. The second-order valence-corrected chi connectivity index (χ2v) is 4.14. The van der Waals surface area contributed by atoms with E-state index in [1.807, 2.05) is 31.2 Å². The molecule has 4 nitrogen and oxygen atoms in total. The Labute approximate surface area is 107 Å². The van der Waals surface area contributed by atoms with Crippen molar-refractivity contribution in [2.24, 2.45) is 5.73 Å². The molecule has 1 unspecified atom stereocenters. The van der Waals surface area contributed by atoms with Gasteiger partial charge in [-0.1, -0.05) is 19.1 Å². The standard InChI is InChI=1S/C12H17NO3.ClH/c1-2-11(13)12(14)7-15-9-5-3-4-6-10(9)16-8-12;/h3-6,11,14H,2,7-8,13H2,1H3;1H. The van der Waals surface area contributed by atoms with Crippen LogP contribution in [0.1, 0.15) is 13.3 Å². The summed E-state index contributed by atoms with van der Waals surface area (Å²) in [6.07, 6.45) is 0.680. The van der Waals surface area contributed by atoms with Crippen LogP contribution in [0.4, 0.5) is 0 Å². The van der Waals surface area contributed by atoms with Crippen LogP contribution in [0.2, 0.25) is 0 Å². The molecule has 3 N–H and O–H groups in total. The highest BCUT2D eigenvalue weighted by molar-refractivity contribution is 5.85. The Hall–Kier alpha value is -0.970. The first-order valence-corrected chi connectivity index (χ1v) is 5.48. The zero-order valence-corrected chi connectivity index (χ0v) is 10.6. The third-order valence-electron chi connectivity index (χ3n) is 2.93. The Balaban J connectivity index is 0.00000144. The first-order valence-electron chi connectivity index (χ1n) is 5.48. The maximum absolute atomic E-state index is 10.3. The van der Waals surface area contributed by atoms with Gasteiger partial charge in [-0.2, -0.15) is 0 Å². The van der Waals surface area contributed by atoms with Crippen LogP contribution in [0.5, 0.6) is 11.5 Å². The Morgan fingerprint density at radius 1 is 1.29 bits per heavy atom. The van der Waals surface area contributed by atoms with Gasteiger partial charge in [-0.25, -0.2) is 0 Å². The second kappa shape index (κ2) is 5.58. The average molecular weight is 260 g/mol. The normalized spacial score (nSPS) is 18.8. The van der Waals surface area contributed by atoms with Crippen molar-refractivity contribution in [1.29, 1.82) is 0 Å². The fourth-order valence-corrected chi connectivity index (χ4v) is 1.73. The molecule has 96 valence electrons. The molecule has 2 rings (SSSR count). The molecule has 0 aliphatic carbocycles. The molecule has 5 heteroatoms. The minimum atomic E-state index is -1.12. The molecule has 0 saturated carbocycles. The fraction of sp³-hybridized carbons (Fsp3) is 0.500. The lowest BCUT2D eigenvalue weighted by Gasteiger charge is -2.30. The van der Waals surface area contributed by atoms with Gasteiger partial charge in [-0.05, 0) is 18.6 Å². The van der Waals surface area contributed by atoms with Crippen molar-refractivity contribution < 1.29 is 14.6 Å². The molecule has 17 heavy (non-hydrogen) atoms. The zero-order valence-electron chi connectivity index (χ0n) is 9.76. The molecule has 1 heterocycles. The number of hydrogen-bond donors (Lipinski definition) is 2. The van der Waals surface area contributed by atoms with E-state index in [9.17, 15) is 5.11 Å². The van der Waals surface area contributed by atoms with Crippen molar-refractivity contribution in [2.45, 2.75) is 25.0 Å². The van der Waals surface area contributed by atoms with Gasteiger partial charge in [0, 0.05) is 6.04 Å². The SMILES string of the molecule is CCC(N)C1(O)COc2ccccc2OC1.Cl. The van der Waals surface area contributed by atoms with Crippen LogP contribution < -0.4 is 15.2 Å². The van der Waals surface area contributed by atoms with Crippen molar-refractivity contribution in [3.8, 4) is 11.5 Å². The molecule has 0 amide bonds. The van der Waals surface area contributed by atoms with E-state index >= 15 is 0 Å². The largest absolute Gasteiger partial charge is 0.486 e. The fourth-order valence-electron chi connectivity index (χ4n) is 1.73. The number of benzene rings is 1. The van der Waals surface area contributed by atoms with Gasteiger partial charge in [-0.3, -0.25) is 0 Å². The van der Waals surface area contributed by atoms with Gasteiger partial charge in [0.1, 0.15) is 18.8 Å². The monoisotopic (exact) mass is 259 g/mol. The van der Waals surface area contributed by atoms with Crippen LogP contribution >= 0.6 is 12.4 Å². The van der Waals surface area contributed by atoms with E-state index in [1.165, 1.54) is 0 Å². The van der Waals surface area contributed by atoms with Gasteiger partial charge in [-0.15, -0.1) is 12.4 Å². The number of rotatable bonds is 2. The summed E-state index contributed by atoms with van der Waals surface area (Å²) in [5.74, 6) is 1.31. The number of nitrogens with two attached hydrogens (primary N) is 1. The van der Waals surface area contributed by atoms with Gasteiger partial charge in [0.2, 0.25) is 0 Å². The molecule has 0 aromatic heterocycles. The summed E-state index contributed by atoms with van der Waals surface area (Å²) in [5, 5.41) is 10.3.